The maximum atomic E-state index is 12.0. The highest BCUT2D eigenvalue weighted by Crippen LogP contribution is 2.30. The minimum atomic E-state index is -0.670. The molecule has 0 aliphatic heterocycles. The minimum Gasteiger partial charge on any atom is -0.319 e. The van der Waals surface area contributed by atoms with Crippen molar-refractivity contribution in [3.8, 4) is 0 Å². The molecular formula is C15H11BrN8O3. The first-order chi connectivity index (χ1) is 13.0. The van der Waals surface area contributed by atoms with Crippen LogP contribution in [0.25, 0.3) is 0 Å². The SMILES string of the molecule is O=C(NNc1ncnc(Nc2ccc(Br)cn2)c1[N+](=O)[O-])c1ccccn1. The number of nitro groups is 1. The smallest absolute Gasteiger partial charge is 0.319 e. The number of nitrogens with one attached hydrogen (secondary N) is 3. The summed E-state index contributed by atoms with van der Waals surface area (Å²) in [6.07, 6.45) is 4.10. The number of amides is 1. The van der Waals surface area contributed by atoms with E-state index in [1.807, 2.05) is 0 Å². The van der Waals surface area contributed by atoms with Crippen molar-refractivity contribution in [1.82, 2.24) is 25.4 Å². The Kier molecular flexibility index (Phi) is 5.47. The normalized spacial score (nSPS) is 10.1. The second-order valence-electron chi connectivity index (χ2n) is 4.96. The second kappa shape index (κ2) is 8.14. The van der Waals surface area contributed by atoms with E-state index in [1.54, 1.807) is 24.3 Å². The van der Waals surface area contributed by atoms with Gasteiger partial charge in [-0.3, -0.25) is 30.7 Å². The van der Waals surface area contributed by atoms with Crippen LogP contribution in [0.15, 0.2) is 53.5 Å². The van der Waals surface area contributed by atoms with Gasteiger partial charge in [-0.25, -0.2) is 15.0 Å². The average molecular weight is 431 g/mol. The summed E-state index contributed by atoms with van der Waals surface area (Å²) in [7, 11) is 0. The number of rotatable bonds is 6. The molecule has 0 saturated heterocycles. The number of pyridine rings is 2. The molecule has 0 aliphatic rings. The van der Waals surface area contributed by atoms with Crippen molar-refractivity contribution < 1.29 is 9.72 Å². The van der Waals surface area contributed by atoms with Gasteiger partial charge in [-0.2, -0.15) is 0 Å². The van der Waals surface area contributed by atoms with Gasteiger partial charge in [0.05, 0.1) is 4.92 Å². The monoisotopic (exact) mass is 430 g/mol. The molecular weight excluding hydrogens is 420 g/mol. The predicted molar refractivity (Wildman–Crippen MR) is 99.2 cm³/mol. The zero-order chi connectivity index (χ0) is 19.2. The molecule has 0 unspecified atom stereocenters. The summed E-state index contributed by atoms with van der Waals surface area (Å²) in [6.45, 7) is 0. The van der Waals surface area contributed by atoms with Gasteiger partial charge in [0.15, 0.2) is 0 Å². The third kappa shape index (κ3) is 4.49. The fourth-order valence-corrected chi connectivity index (χ4v) is 2.22. The van der Waals surface area contributed by atoms with Crippen LogP contribution in [0.4, 0.5) is 23.1 Å². The van der Waals surface area contributed by atoms with Gasteiger partial charge < -0.3 is 5.32 Å². The van der Waals surface area contributed by atoms with E-state index in [9.17, 15) is 14.9 Å². The van der Waals surface area contributed by atoms with Crippen LogP contribution in [0.5, 0.6) is 0 Å². The molecule has 12 heteroatoms. The van der Waals surface area contributed by atoms with Gasteiger partial charge in [-0.15, -0.1) is 0 Å². The molecule has 27 heavy (non-hydrogen) atoms. The van der Waals surface area contributed by atoms with Crippen LogP contribution in [0.2, 0.25) is 0 Å². The van der Waals surface area contributed by atoms with Gasteiger partial charge in [0.25, 0.3) is 5.91 Å². The molecule has 1 amide bonds. The van der Waals surface area contributed by atoms with E-state index in [0.717, 1.165) is 10.8 Å². The van der Waals surface area contributed by atoms with E-state index in [4.69, 9.17) is 0 Å². The van der Waals surface area contributed by atoms with Crippen LogP contribution >= 0.6 is 15.9 Å². The van der Waals surface area contributed by atoms with Crippen LogP contribution in [-0.2, 0) is 0 Å². The number of halogens is 1. The zero-order valence-electron chi connectivity index (χ0n) is 13.5. The molecule has 0 radical (unpaired) electrons. The predicted octanol–water partition coefficient (Wildman–Crippen LogP) is 2.44. The summed E-state index contributed by atoms with van der Waals surface area (Å²) in [4.78, 5) is 38.5. The molecule has 136 valence electrons. The molecule has 0 saturated carbocycles. The second-order valence-corrected chi connectivity index (χ2v) is 5.87. The summed E-state index contributed by atoms with van der Waals surface area (Å²) in [6, 6.07) is 8.13. The van der Waals surface area contributed by atoms with E-state index in [0.29, 0.717) is 5.82 Å². The standard InChI is InChI=1S/C15H11BrN8O3/c16-9-4-5-11(18-7-9)21-13-12(24(26)27)14(20-8-19-13)22-23-15(25)10-3-1-2-6-17-10/h1-8H,(H,23,25)(H2,18,19,20,21,22). The Balaban J connectivity index is 1.82. The molecule has 0 spiro atoms. The minimum absolute atomic E-state index is 0.0839. The lowest BCUT2D eigenvalue weighted by atomic mass is 10.3. The molecule has 0 aliphatic carbocycles. The molecule has 0 bridgehead atoms. The Morgan fingerprint density at radius 1 is 1.07 bits per heavy atom. The Labute approximate surface area is 160 Å². The van der Waals surface area contributed by atoms with Crippen molar-refractivity contribution in [1.29, 1.82) is 0 Å². The summed E-state index contributed by atoms with van der Waals surface area (Å²) < 4.78 is 0.754. The summed E-state index contributed by atoms with van der Waals surface area (Å²) in [5, 5.41) is 14.2. The Morgan fingerprint density at radius 3 is 2.56 bits per heavy atom. The third-order valence-corrected chi connectivity index (χ3v) is 3.64. The van der Waals surface area contributed by atoms with E-state index in [2.05, 4.69) is 52.0 Å². The van der Waals surface area contributed by atoms with Gasteiger partial charge in [-0.1, -0.05) is 6.07 Å². The van der Waals surface area contributed by atoms with Crippen LogP contribution in [0.3, 0.4) is 0 Å². The molecule has 11 nitrogen and oxygen atoms in total. The maximum Gasteiger partial charge on any atom is 0.355 e. The van der Waals surface area contributed by atoms with Gasteiger partial charge in [0, 0.05) is 16.9 Å². The van der Waals surface area contributed by atoms with Crippen LogP contribution < -0.4 is 16.2 Å². The molecule has 3 heterocycles. The first kappa shape index (κ1) is 18.1. The zero-order valence-corrected chi connectivity index (χ0v) is 15.0. The van der Waals surface area contributed by atoms with Crippen LogP contribution in [-0.4, -0.2) is 30.8 Å². The molecule has 0 fully saturated rings. The molecule has 3 aromatic heterocycles. The summed E-state index contributed by atoms with van der Waals surface area (Å²) in [5.74, 6) is -0.505. The Bertz CT molecular complexity index is 969. The van der Waals surface area contributed by atoms with Gasteiger partial charge >= 0.3 is 5.69 Å². The third-order valence-electron chi connectivity index (χ3n) is 3.17. The number of hydrogen-bond donors (Lipinski definition) is 3. The van der Waals surface area contributed by atoms with Crippen molar-refractivity contribution in [2.45, 2.75) is 0 Å². The highest BCUT2D eigenvalue weighted by Gasteiger charge is 2.24. The lowest BCUT2D eigenvalue weighted by molar-refractivity contribution is -0.383. The average Bonchev–Trinajstić information content (AvgIpc) is 2.68. The number of aromatic nitrogens is 4. The van der Waals surface area contributed by atoms with Crippen molar-refractivity contribution in [2.24, 2.45) is 0 Å². The Morgan fingerprint density at radius 2 is 1.89 bits per heavy atom. The summed E-state index contributed by atoms with van der Waals surface area (Å²) >= 11 is 3.25. The van der Waals surface area contributed by atoms with Crippen LogP contribution in [0, 0.1) is 10.1 Å². The van der Waals surface area contributed by atoms with Gasteiger partial charge in [0.2, 0.25) is 11.6 Å². The number of carbonyl (C=O) groups excluding carboxylic acids is 1. The fraction of sp³-hybridized carbons (Fsp3) is 0. The number of nitrogens with zero attached hydrogens (tertiary/aromatic N) is 5. The van der Waals surface area contributed by atoms with Gasteiger partial charge in [-0.05, 0) is 40.2 Å². The lowest BCUT2D eigenvalue weighted by Gasteiger charge is -2.10. The van der Waals surface area contributed by atoms with E-state index in [1.165, 1.54) is 18.5 Å². The molecule has 3 rings (SSSR count). The summed E-state index contributed by atoms with van der Waals surface area (Å²) in [5.41, 5.74) is 4.42. The van der Waals surface area contributed by atoms with Crippen molar-refractivity contribution in [2.75, 3.05) is 10.7 Å². The van der Waals surface area contributed by atoms with Crippen molar-refractivity contribution in [3.05, 3.63) is 69.3 Å². The number of anilines is 3. The number of hydrazine groups is 1. The quantitative estimate of drug-likeness (QED) is 0.395. The number of carbonyl (C=O) groups is 1. The first-order valence-corrected chi connectivity index (χ1v) is 8.19. The highest BCUT2D eigenvalue weighted by molar-refractivity contribution is 9.10. The molecule has 0 aromatic carbocycles. The van der Waals surface area contributed by atoms with Crippen LogP contribution in [0.1, 0.15) is 10.5 Å². The van der Waals surface area contributed by atoms with E-state index in [-0.39, 0.29) is 17.3 Å². The first-order valence-electron chi connectivity index (χ1n) is 7.40. The lowest BCUT2D eigenvalue weighted by Crippen LogP contribution is -2.31. The topological polar surface area (TPSA) is 148 Å². The van der Waals surface area contributed by atoms with Crippen molar-refractivity contribution >= 4 is 45.0 Å². The molecule has 0 atom stereocenters. The van der Waals surface area contributed by atoms with E-state index < -0.39 is 16.5 Å². The number of hydrogen-bond acceptors (Lipinski definition) is 9. The Hall–Kier alpha value is -3.67. The van der Waals surface area contributed by atoms with Gasteiger partial charge in [0.1, 0.15) is 17.8 Å². The highest BCUT2D eigenvalue weighted by atomic mass is 79.9. The molecule has 3 N–H and O–H groups in total. The largest absolute Gasteiger partial charge is 0.355 e. The maximum absolute atomic E-state index is 12.0. The van der Waals surface area contributed by atoms with Crippen molar-refractivity contribution in [3.63, 3.8) is 0 Å². The fourth-order valence-electron chi connectivity index (χ4n) is 1.98. The molecule has 3 aromatic rings. The van der Waals surface area contributed by atoms with E-state index >= 15 is 0 Å².